The van der Waals surface area contributed by atoms with Crippen LogP contribution in [-0.4, -0.2) is 16.2 Å². The highest BCUT2D eigenvalue weighted by Gasteiger charge is 2.30. The first-order valence-electron chi connectivity index (χ1n) is 24.1. The minimum Gasteiger partial charge on any atom is -0.457 e. The Morgan fingerprint density at radius 3 is 2.00 bits per heavy atom. The van der Waals surface area contributed by atoms with Crippen LogP contribution in [0.1, 0.15) is 38.8 Å². The first kappa shape index (κ1) is 33.7. The van der Waals surface area contributed by atoms with Gasteiger partial charge in [0.25, 0.3) is 0 Å². The quantitative estimate of drug-likeness (QED) is 0.153. The molecule has 0 amide bonds. The normalized spacial score (nSPS) is 13.7. The molecule has 0 saturated carbocycles. The third-order valence-electron chi connectivity index (χ3n) is 12.3. The summed E-state index contributed by atoms with van der Waals surface area (Å²) in [6, 6.07) is 57.6. The van der Waals surface area contributed by atoms with Crippen LogP contribution in [0.25, 0.3) is 61.0 Å². The second kappa shape index (κ2) is 15.8. The fraction of sp³-hybridized carbons (Fsp3) is 0.102. The molecule has 1 aliphatic heterocycles. The summed E-state index contributed by atoms with van der Waals surface area (Å²) in [5.74, 6) is 1.97. The van der Waals surface area contributed by atoms with Crippen molar-refractivity contribution in [3.8, 4) is 50.7 Å². The van der Waals surface area contributed by atoms with Crippen LogP contribution in [-0.2, 0) is 5.41 Å². The summed E-state index contributed by atoms with van der Waals surface area (Å²) in [6.07, 6.45) is 1.61. The van der Waals surface area contributed by atoms with Gasteiger partial charge in [0.1, 0.15) is 24.0 Å². The summed E-state index contributed by atoms with van der Waals surface area (Å²) >= 11 is 0. The van der Waals surface area contributed by atoms with Crippen LogP contribution >= 0.6 is 0 Å². The number of pyridine rings is 1. The molecule has 11 rings (SSSR count). The first-order chi connectivity index (χ1) is 33.3. The van der Waals surface area contributed by atoms with Crippen LogP contribution < -0.4 is 14.5 Å². The van der Waals surface area contributed by atoms with Gasteiger partial charge in [0.2, 0.25) is 0 Å². The molecule has 0 N–H and O–H groups in total. The van der Waals surface area contributed by atoms with E-state index in [-0.39, 0.29) is 35.1 Å². The third-order valence-corrected chi connectivity index (χ3v) is 12.3. The van der Waals surface area contributed by atoms with Crippen molar-refractivity contribution in [2.45, 2.75) is 33.1 Å². The van der Waals surface area contributed by atoms with E-state index in [4.69, 9.17) is 16.6 Å². The Balaban J connectivity index is 0.969. The van der Waals surface area contributed by atoms with E-state index in [0.29, 0.717) is 29.5 Å². The van der Waals surface area contributed by atoms with Crippen molar-refractivity contribution in [3.63, 3.8) is 0 Å². The van der Waals surface area contributed by atoms with E-state index >= 15 is 0 Å². The lowest BCUT2D eigenvalue weighted by Crippen LogP contribution is -2.24. The fourth-order valence-electron chi connectivity index (χ4n) is 8.93. The second-order valence-corrected chi connectivity index (χ2v) is 17.4. The highest BCUT2D eigenvalue weighted by molar-refractivity contribution is 6.09. The van der Waals surface area contributed by atoms with E-state index in [2.05, 4.69) is 163 Å². The maximum absolute atomic E-state index is 8.61. The summed E-state index contributed by atoms with van der Waals surface area (Å²) in [4.78, 5) is 9.65. The topological polar surface area (TPSA) is 33.5 Å². The molecule has 5 nitrogen and oxygen atoms in total. The molecule has 0 spiro atoms. The Morgan fingerprint density at radius 1 is 0.531 bits per heavy atom. The molecule has 0 unspecified atom stereocenters. The van der Waals surface area contributed by atoms with Crippen molar-refractivity contribution >= 4 is 44.6 Å². The summed E-state index contributed by atoms with van der Waals surface area (Å²) < 4.78 is 50.7. The molecule has 2 aromatic heterocycles. The standard InChI is InChI=1S/C59H48N4O/c1-40-31-58(60-38-53(40)43-21-12-7-13-22-43)63-54-26-15-14-25-51(54)52-29-28-50(37-56(52)63)64-49-24-16-23-47(36-49)61-39-62(57-34-44(27-30-55(57)61)41-17-8-5-9-18-41)48-33-45(42-19-10-6-11-20-42)32-46(35-48)59(2,3)4/h5-38H,39H2,1-4H3/i7D,12D,13D,21D,22D. The van der Waals surface area contributed by atoms with Gasteiger partial charge in [0.15, 0.2) is 0 Å². The lowest BCUT2D eigenvalue weighted by Gasteiger charge is -2.26. The molecule has 310 valence electrons. The number of hydrogen-bond acceptors (Lipinski definition) is 4. The van der Waals surface area contributed by atoms with Gasteiger partial charge in [-0.1, -0.05) is 148 Å². The van der Waals surface area contributed by atoms with Crippen molar-refractivity contribution in [3.05, 3.63) is 217 Å². The number of nitrogens with zero attached hydrogens (tertiary/aromatic N) is 4. The number of aryl methyl sites for hydroxylation is 1. The SMILES string of the molecule is [2H]c1c([2H])c([2H])c(-c2cnc(-n3c4ccccc4c4ccc(Oc5cccc(N6CN(c7cc(-c8ccccc8)cc(C(C)(C)C)c7)c7cc(-c8ccccc8)ccc76)c5)cc43)cc2C)c([2H])c1[2H]. The van der Waals surface area contributed by atoms with Crippen molar-refractivity contribution in [1.29, 1.82) is 0 Å². The summed E-state index contributed by atoms with van der Waals surface area (Å²) in [7, 11) is 0. The monoisotopic (exact) mass is 833 g/mol. The van der Waals surface area contributed by atoms with Crippen LogP contribution in [0.15, 0.2) is 206 Å². The zero-order chi connectivity index (χ0) is 47.7. The summed E-state index contributed by atoms with van der Waals surface area (Å²) in [5, 5.41) is 2.07. The highest BCUT2D eigenvalue weighted by Crippen LogP contribution is 2.48. The minimum absolute atomic E-state index is 0.0752. The Labute approximate surface area is 382 Å². The van der Waals surface area contributed by atoms with Crippen LogP contribution in [0.2, 0.25) is 0 Å². The molecule has 0 radical (unpaired) electrons. The van der Waals surface area contributed by atoms with Gasteiger partial charge in [-0.05, 0) is 112 Å². The van der Waals surface area contributed by atoms with E-state index < -0.39 is 6.04 Å². The van der Waals surface area contributed by atoms with Crippen molar-refractivity contribution < 1.29 is 11.6 Å². The fourth-order valence-corrected chi connectivity index (χ4v) is 8.93. The number of aromatic nitrogens is 2. The highest BCUT2D eigenvalue weighted by atomic mass is 16.5. The molecule has 3 heterocycles. The Bertz CT molecular complexity index is 3610. The molecule has 0 atom stereocenters. The summed E-state index contributed by atoms with van der Waals surface area (Å²) in [6.45, 7) is 9.28. The van der Waals surface area contributed by atoms with Gasteiger partial charge in [-0.3, -0.25) is 4.57 Å². The van der Waals surface area contributed by atoms with E-state index in [0.717, 1.165) is 61.2 Å². The first-order valence-corrected chi connectivity index (χ1v) is 21.6. The van der Waals surface area contributed by atoms with Crippen molar-refractivity contribution in [2.75, 3.05) is 16.5 Å². The number of ether oxygens (including phenoxy) is 1. The van der Waals surface area contributed by atoms with Gasteiger partial charge < -0.3 is 14.5 Å². The minimum atomic E-state index is -0.424. The molecule has 8 aromatic carbocycles. The molecule has 1 aliphatic rings. The van der Waals surface area contributed by atoms with Crippen LogP contribution in [0.4, 0.5) is 22.7 Å². The Hall–Kier alpha value is -7.89. The molecule has 0 saturated heterocycles. The van der Waals surface area contributed by atoms with Gasteiger partial charge in [-0.2, -0.15) is 0 Å². The van der Waals surface area contributed by atoms with E-state index in [1.54, 1.807) is 6.20 Å². The van der Waals surface area contributed by atoms with E-state index in [9.17, 15) is 0 Å². The van der Waals surface area contributed by atoms with Gasteiger partial charge in [-0.15, -0.1) is 0 Å². The zero-order valence-corrected chi connectivity index (χ0v) is 36.1. The van der Waals surface area contributed by atoms with Gasteiger partial charge in [-0.25, -0.2) is 4.98 Å². The van der Waals surface area contributed by atoms with Crippen molar-refractivity contribution in [2.24, 2.45) is 0 Å². The Morgan fingerprint density at radius 2 is 1.23 bits per heavy atom. The molecular formula is C59H48N4O. The maximum Gasteiger partial charge on any atom is 0.137 e. The van der Waals surface area contributed by atoms with Crippen LogP contribution in [0, 0.1) is 6.92 Å². The molecule has 64 heavy (non-hydrogen) atoms. The number of fused-ring (bicyclic) bond motifs is 4. The second-order valence-electron chi connectivity index (χ2n) is 17.4. The van der Waals surface area contributed by atoms with Crippen molar-refractivity contribution in [1.82, 2.24) is 9.55 Å². The van der Waals surface area contributed by atoms with E-state index in [1.807, 2.05) is 49.4 Å². The number of hydrogen-bond donors (Lipinski definition) is 0. The number of anilines is 4. The number of rotatable bonds is 8. The average molecular weight is 834 g/mol. The molecule has 10 aromatic rings. The Kier molecular flexibility index (Phi) is 8.31. The molecular weight excluding hydrogens is 781 g/mol. The molecule has 0 fully saturated rings. The lowest BCUT2D eigenvalue weighted by atomic mass is 9.85. The average Bonchev–Trinajstić information content (AvgIpc) is 3.91. The summed E-state index contributed by atoms with van der Waals surface area (Å²) in [5.41, 5.74) is 13.4. The third kappa shape index (κ3) is 7.15. The zero-order valence-electron chi connectivity index (χ0n) is 41.1. The van der Waals surface area contributed by atoms with Crippen LogP contribution in [0.3, 0.4) is 0 Å². The molecule has 0 bridgehead atoms. The van der Waals surface area contributed by atoms with Crippen LogP contribution in [0.5, 0.6) is 11.5 Å². The van der Waals surface area contributed by atoms with E-state index in [1.165, 1.54) is 16.7 Å². The maximum atomic E-state index is 8.61. The predicted molar refractivity (Wildman–Crippen MR) is 267 cm³/mol. The lowest BCUT2D eigenvalue weighted by molar-refractivity contribution is 0.483. The smallest absolute Gasteiger partial charge is 0.137 e. The number of para-hydroxylation sites is 1. The number of benzene rings is 8. The largest absolute Gasteiger partial charge is 0.457 e. The van der Waals surface area contributed by atoms with Gasteiger partial charge >= 0.3 is 0 Å². The predicted octanol–water partition coefficient (Wildman–Crippen LogP) is 15.8. The van der Waals surface area contributed by atoms with Gasteiger partial charge in [0, 0.05) is 46.0 Å². The van der Waals surface area contributed by atoms with Gasteiger partial charge in [0.05, 0.1) is 29.3 Å². The molecule has 5 heteroatoms. The molecule has 0 aliphatic carbocycles.